The van der Waals surface area contributed by atoms with Gasteiger partial charge < -0.3 is 9.64 Å². The van der Waals surface area contributed by atoms with Gasteiger partial charge in [-0.25, -0.2) is 18.7 Å². The fraction of sp³-hybridized carbons (Fsp3) is 0.320. The first-order valence-corrected chi connectivity index (χ1v) is 11.7. The number of rotatable bonds is 6. The van der Waals surface area contributed by atoms with Crippen molar-refractivity contribution in [2.45, 2.75) is 31.7 Å². The lowest BCUT2D eigenvalue weighted by Gasteiger charge is -2.32. The molecule has 0 amide bonds. The van der Waals surface area contributed by atoms with Crippen LogP contribution in [0.2, 0.25) is 0 Å². The normalized spacial score (nSPS) is 19.2. The first-order chi connectivity index (χ1) is 15.9. The molecule has 1 aliphatic carbocycles. The van der Waals surface area contributed by atoms with E-state index >= 15 is 0 Å². The molecular formula is C25H22BrF2N3O2. The highest BCUT2D eigenvalue weighted by Crippen LogP contribution is 2.44. The smallest absolute Gasteiger partial charge is 0.185 e. The van der Waals surface area contributed by atoms with E-state index < -0.39 is 11.6 Å². The quantitative estimate of drug-likeness (QED) is 0.401. The van der Waals surface area contributed by atoms with Gasteiger partial charge in [-0.2, -0.15) is 0 Å². The number of piperidine rings is 1. The maximum atomic E-state index is 14.5. The lowest BCUT2D eigenvalue weighted by molar-refractivity contribution is 0.0988. The fourth-order valence-corrected chi connectivity index (χ4v) is 5.76. The Bertz CT molecular complexity index is 1240. The Morgan fingerprint density at radius 3 is 2.82 bits per heavy atom. The summed E-state index contributed by atoms with van der Waals surface area (Å²) in [6.07, 6.45) is 4.86. The number of fused-ring (bicyclic) bond motifs is 2. The van der Waals surface area contributed by atoms with Gasteiger partial charge in [-0.3, -0.25) is 4.79 Å². The summed E-state index contributed by atoms with van der Waals surface area (Å²) in [7, 11) is 1.43. The van der Waals surface area contributed by atoms with Gasteiger partial charge in [0.15, 0.2) is 11.6 Å². The van der Waals surface area contributed by atoms with Crippen LogP contribution in [-0.4, -0.2) is 35.4 Å². The van der Waals surface area contributed by atoms with Crippen LogP contribution >= 0.6 is 15.9 Å². The van der Waals surface area contributed by atoms with Gasteiger partial charge in [-0.05, 0) is 77.0 Å². The number of carbonyl (C=O) groups excluding carboxylic acids is 1. The topological polar surface area (TPSA) is 55.3 Å². The molecule has 8 heteroatoms. The third-order valence-electron chi connectivity index (χ3n) is 6.51. The SMILES string of the molecule is COc1cccc(F)c1-c1nccc(C(=O)Cc2cc(F)cc(Br)c2N2C[C@@H]3CC[C@H]2C3)n1. The highest BCUT2D eigenvalue weighted by molar-refractivity contribution is 9.10. The van der Waals surface area contributed by atoms with Gasteiger partial charge in [0, 0.05) is 29.7 Å². The van der Waals surface area contributed by atoms with E-state index in [2.05, 4.69) is 30.8 Å². The fourth-order valence-electron chi connectivity index (χ4n) is 5.06. The summed E-state index contributed by atoms with van der Waals surface area (Å²) in [6.45, 7) is 0.917. The minimum Gasteiger partial charge on any atom is -0.496 e. The zero-order valence-corrected chi connectivity index (χ0v) is 19.6. The van der Waals surface area contributed by atoms with Crippen LogP contribution in [0.15, 0.2) is 47.1 Å². The van der Waals surface area contributed by atoms with Crippen molar-refractivity contribution in [3.05, 3.63) is 70.0 Å². The average Bonchev–Trinajstić information content (AvgIpc) is 3.42. The summed E-state index contributed by atoms with van der Waals surface area (Å²) in [4.78, 5) is 24.0. The van der Waals surface area contributed by atoms with Crippen LogP contribution in [0, 0.1) is 17.6 Å². The molecule has 1 aliphatic heterocycles. The summed E-state index contributed by atoms with van der Waals surface area (Å²) < 4.78 is 34.7. The maximum absolute atomic E-state index is 14.5. The minimum atomic E-state index is -0.542. The summed E-state index contributed by atoms with van der Waals surface area (Å²) >= 11 is 3.52. The number of ether oxygens (including phenoxy) is 1. The van der Waals surface area contributed by atoms with Gasteiger partial charge in [-0.15, -0.1) is 0 Å². The minimum absolute atomic E-state index is 0.0234. The Kier molecular flexibility index (Phi) is 5.86. The number of carbonyl (C=O) groups is 1. The van der Waals surface area contributed by atoms with Crippen LogP contribution in [0.1, 0.15) is 35.3 Å². The molecule has 2 fully saturated rings. The third kappa shape index (κ3) is 4.12. The Morgan fingerprint density at radius 2 is 2.09 bits per heavy atom. The molecule has 1 saturated heterocycles. The molecule has 0 spiro atoms. The number of Topliss-reactive ketones (excluding diaryl/α,β-unsaturated/α-hetero) is 1. The number of aromatic nitrogens is 2. The second kappa shape index (κ2) is 8.82. The molecule has 0 N–H and O–H groups in total. The molecule has 2 aliphatic rings. The van der Waals surface area contributed by atoms with Crippen molar-refractivity contribution >= 4 is 27.4 Å². The van der Waals surface area contributed by atoms with Crippen LogP contribution in [0.5, 0.6) is 5.75 Å². The van der Waals surface area contributed by atoms with Crippen molar-refractivity contribution < 1.29 is 18.3 Å². The second-order valence-electron chi connectivity index (χ2n) is 8.56. The predicted octanol–water partition coefficient (Wildman–Crippen LogP) is 5.61. The highest BCUT2D eigenvalue weighted by Gasteiger charge is 2.39. The Balaban J connectivity index is 1.48. The van der Waals surface area contributed by atoms with E-state index in [4.69, 9.17) is 4.74 Å². The summed E-state index contributed by atoms with van der Waals surface area (Å²) in [5.41, 5.74) is 1.72. The number of nitrogens with zero attached hydrogens (tertiary/aromatic N) is 3. The van der Waals surface area contributed by atoms with E-state index in [-0.39, 0.29) is 35.0 Å². The van der Waals surface area contributed by atoms with Gasteiger partial charge >= 0.3 is 0 Å². The summed E-state index contributed by atoms with van der Waals surface area (Å²) in [6, 6.07) is 9.21. The molecule has 2 atom stereocenters. The van der Waals surface area contributed by atoms with E-state index in [1.807, 2.05) is 0 Å². The molecule has 0 radical (unpaired) electrons. The molecule has 1 saturated carbocycles. The van der Waals surface area contributed by atoms with Gasteiger partial charge in [0.25, 0.3) is 0 Å². The number of methoxy groups -OCH3 is 1. The highest BCUT2D eigenvalue weighted by atomic mass is 79.9. The number of ketones is 1. The molecule has 170 valence electrons. The molecule has 2 aromatic carbocycles. The first-order valence-electron chi connectivity index (χ1n) is 10.9. The second-order valence-corrected chi connectivity index (χ2v) is 9.42. The number of hydrogen-bond acceptors (Lipinski definition) is 5. The molecular weight excluding hydrogens is 492 g/mol. The molecule has 3 aromatic rings. The zero-order chi connectivity index (χ0) is 23.1. The Labute approximate surface area is 198 Å². The summed E-state index contributed by atoms with van der Waals surface area (Å²) in [5, 5.41) is 0. The van der Waals surface area contributed by atoms with Gasteiger partial charge in [0.1, 0.15) is 23.1 Å². The van der Waals surface area contributed by atoms with E-state index in [0.717, 1.165) is 25.1 Å². The molecule has 33 heavy (non-hydrogen) atoms. The van der Waals surface area contributed by atoms with Gasteiger partial charge in [0.2, 0.25) is 0 Å². The standard InChI is InChI=1S/C25H22BrF2N3O2/c1-33-22-4-2-3-19(28)23(22)25-29-8-7-20(30-25)21(32)11-15-10-16(27)12-18(26)24(15)31-13-14-5-6-17(31)9-14/h2-4,7-8,10,12,14,17H,5-6,9,11,13H2,1H3/t14-,17+/m1/s1. The third-order valence-corrected chi connectivity index (χ3v) is 7.12. The molecule has 0 unspecified atom stereocenters. The number of benzene rings is 2. The van der Waals surface area contributed by atoms with Crippen LogP contribution in [0.3, 0.4) is 0 Å². The van der Waals surface area contributed by atoms with Gasteiger partial charge in [0.05, 0.1) is 18.4 Å². The van der Waals surface area contributed by atoms with Gasteiger partial charge in [-0.1, -0.05) is 6.07 Å². The molecule has 1 aromatic heterocycles. The molecule has 5 nitrogen and oxygen atoms in total. The maximum Gasteiger partial charge on any atom is 0.185 e. The number of halogens is 3. The van der Waals surface area contributed by atoms with E-state index in [9.17, 15) is 13.6 Å². The zero-order valence-electron chi connectivity index (χ0n) is 18.0. The first kappa shape index (κ1) is 21.9. The Morgan fingerprint density at radius 1 is 1.24 bits per heavy atom. The van der Waals surface area contributed by atoms with Crippen molar-refractivity contribution in [1.82, 2.24) is 9.97 Å². The van der Waals surface area contributed by atoms with Crippen molar-refractivity contribution in [1.29, 1.82) is 0 Å². The largest absolute Gasteiger partial charge is 0.496 e. The lowest BCUT2D eigenvalue weighted by Crippen LogP contribution is -2.33. The monoisotopic (exact) mass is 513 g/mol. The van der Waals surface area contributed by atoms with E-state index in [1.54, 1.807) is 6.07 Å². The number of anilines is 1. The van der Waals surface area contributed by atoms with Crippen molar-refractivity contribution in [3.63, 3.8) is 0 Å². The predicted molar refractivity (Wildman–Crippen MR) is 125 cm³/mol. The molecule has 2 bridgehead atoms. The summed E-state index contributed by atoms with van der Waals surface area (Å²) in [5.74, 6) is -0.252. The molecule has 5 rings (SSSR count). The van der Waals surface area contributed by atoms with E-state index in [1.165, 1.54) is 50.1 Å². The van der Waals surface area contributed by atoms with Crippen LogP contribution in [0.25, 0.3) is 11.4 Å². The van der Waals surface area contributed by atoms with Crippen LogP contribution in [0.4, 0.5) is 14.5 Å². The van der Waals surface area contributed by atoms with Crippen molar-refractivity contribution in [2.24, 2.45) is 5.92 Å². The van der Waals surface area contributed by atoms with Crippen LogP contribution < -0.4 is 9.64 Å². The van der Waals surface area contributed by atoms with Crippen molar-refractivity contribution in [3.8, 4) is 17.1 Å². The average molecular weight is 514 g/mol. The lowest BCUT2D eigenvalue weighted by atomic mass is 10.0. The molecule has 2 heterocycles. The number of hydrogen-bond donors (Lipinski definition) is 0. The van der Waals surface area contributed by atoms with Crippen molar-refractivity contribution in [2.75, 3.05) is 18.6 Å². The van der Waals surface area contributed by atoms with Crippen LogP contribution in [-0.2, 0) is 6.42 Å². The van der Waals surface area contributed by atoms with E-state index in [0.29, 0.717) is 22.0 Å². The Hall–Kier alpha value is -2.87.